The van der Waals surface area contributed by atoms with Gasteiger partial charge in [-0.15, -0.1) is 0 Å². The number of carbonyl (C=O) groups excluding carboxylic acids is 1. The summed E-state index contributed by atoms with van der Waals surface area (Å²) >= 11 is 0. The van der Waals surface area contributed by atoms with Crippen molar-refractivity contribution in [2.45, 2.75) is 19.8 Å². The van der Waals surface area contributed by atoms with Crippen molar-refractivity contribution in [2.24, 2.45) is 11.7 Å². The van der Waals surface area contributed by atoms with Gasteiger partial charge in [0.1, 0.15) is 6.29 Å². The Kier molecular flexibility index (Phi) is 10.5. The van der Waals surface area contributed by atoms with E-state index in [0.717, 1.165) is 6.29 Å². The molecule has 0 radical (unpaired) electrons. The van der Waals surface area contributed by atoms with E-state index >= 15 is 0 Å². The van der Waals surface area contributed by atoms with Crippen molar-refractivity contribution in [1.82, 2.24) is 0 Å². The van der Waals surface area contributed by atoms with Gasteiger partial charge in [-0.3, -0.25) is 4.79 Å². The molecule has 0 spiro atoms. The van der Waals surface area contributed by atoms with Gasteiger partial charge >= 0.3 is 5.97 Å². The third-order valence-corrected chi connectivity index (χ3v) is 1.14. The molecule has 0 rings (SSSR count). The molecular weight excluding hydrogens is 146 g/mol. The Hall–Kier alpha value is -0.900. The summed E-state index contributed by atoms with van der Waals surface area (Å²) in [5.74, 6) is -1.23. The highest BCUT2D eigenvalue weighted by Crippen LogP contribution is 2.02. The molecule has 0 aliphatic heterocycles. The van der Waals surface area contributed by atoms with Gasteiger partial charge < -0.3 is 15.6 Å². The molecule has 0 aromatic heterocycles. The minimum atomic E-state index is -0.836. The molecule has 0 heterocycles. The second-order valence-electron chi connectivity index (χ2n) is 1.98. The van der Waals surface area contributed by atoms with E-state index in [0.29, 0.717) is 12.8 Å². The Labute approximate surface area is 66.4 Å². The van der Waals surface area contributed by atoms with E-state index < -0.39 is 11.9 Å². The Morgan fingerprint density at radius 3 is 2.36 bits per heavy atom. The van der Waals surface area contributed by atoms with Gasteiger partial charge in [-0.2, -0.15) is 0 Å². The SMILES string of the molecule is CN.C[C@@H](CCC=O)C(=O)O. The van der Waals surface area contributed by atoms with Crippen LogP contribution in [0.3, 0.4) is 0 Å². The van der Waals surface area contributed by atoms with Crippen molar-refractivity contribution < 1.29 is 14.7 Å². The smallest absolute Gasteiger partial charge is 0.306 e. The van der Waals surface area contributed by atoms with E-state index in [9.17, 15) is 9.59 Å². The molecule has 0 fully saturated rings. The third-order valence-electron chi connectivity index (χ3n) is 1.14. The lowest BCUT2D eigenvalue weighted by atomic mass is 10.1. The highest BCUT2D eigenvalue weighted by Gasteiger charge is 2.08. The lowest BCUT2D eigenvalue weighted by Gasteiger charge is -1.99. The van der Waals surface area contributed by atoms with Crippen LogP contribution < -0.4 is 5.73 Å². The monoisotopic (exact) mass is 161 g/mol. The summed E-state index contributed by atoms with van der Waals surface area (Å²) in [4.78, 5) is 19.8. The zero-order chi connectivity index (χ0) is 9.28. The summed E-state index contributed by atoms with van der Waals surface area (Å²) in [6.45, 7) is 1.59. The van der Waals surface area contributed by atoms with E-state index in [1.807, 2.05) is 0 Å². The van der Waals surface area contributed by atoms with Crippen molar-refractivity contribution in [3.05, 3.63) is 0 Å². The lowest BCUT2D eigenvalue weighted by Crippen LogP contribution is -2.08. The van der Waals surface area contributed by atoms with Crippen LogP contribution in [0, 0.1) is 5.92 Å². The second-order valence-corrected chi connectivity index (χ2v) is 1.98. The first-order chi connectivity index (χ1) is 5.18. The first-order valence-corrected chi connectivity index (χ1v) is 3.42. The maximum absolute atomic E-state index is 10.1. The highest BCUT2D eigenvalue weighted by molar-refractivity contribution is 5.69. The molecule has 0 bridgehead atoms. The first-order valence-electron chi connectivity index (χ1n) is 3.42. The maximum atomic E-state index is 10.1. The number of aldehydes is 1. The summed E-state index contributed by atoms with van der Waals surface area (Å²) in [6, 6.07) is 0. The number of carbonyl (C=O) groups is 2. The van der Waals surface area contributed by atoms with Crippen LogP contribution in [0.1, 0.15) is 19.8 Å². The number of carboxylic acid groups (broad SMARTS) is 1. The molecule has 66 valence electrons. The largest absolute Gasteiger partial charge is 0.481 e. The predicted octanol–water partition coefficient (Wildman–Crippen LogP) is 0.261. The van der Waals surface area contributed by atoms with Gasteiger partial charge in [0.25, 0.3) is 0 Å². The van der Waals surface area contributed by atoms with Crippen LogP contribution in [0.2, 0.25) is 0 Å². The summed E-state index contributed by atoms with van der Waals surface area (Å²) < 4.78 is 0. The van der Waals surface area contributed by atoms with Crippen LogP contribution in [0.25, 0.3) is 0 Å². The van der Waals surface area contributed by atoms with E-state index in [2.05, 4.69) is 5.73 Å². The summed E-state index contributed by atoms with van der Waals surface area (Å²) in [5, 5.41) is 8.29. The molecule has 0 aromatic carbocycles. The fourth-order valence-corrected chi connectivity index (χ4v) is 0.442. The van der Waals surface area contributed by atoms with Crippen LogP contribution in [0.5, 0.6) is 0 Å². The van der Waals surface area contributed by atoms with Gasteiger partial charge in [0.15, 0.2) is 0 Å². The molecule has 0 aliphatic carbocycles. The molecule has 11 heavy (non-hydrogen) atoms. The Morgan fingerprint density at radius 2 is 2.09 bits per heavy atom. The van der Waals surface area contributed by atoms with Gasteiger partial charge in [0.2, 0.25) is 0 Å². The van der Waals surface area contributed by atoms with Gasteiger partial charge in [0, 0.05) is 6.42 Å². The molecule has 4 heteroatoms. The fourth-order valence-electron chi connectivity index (χ4n) is 0.442. The van der Waals surface area contributed by atoms with Crippen LogP contribution in [-0.2, 0) is 9.59 Å². The third kappa shape index (κ3) is 9.10. The molecule has 0 saturated carbocycles. The van der Waals surface area contributed by atoms with E-state index in [1.165, 1.54) is 7.05 Å². The van der Waals surface area contributed by atoms with Gasteiger partial charge in [-0.05, 0) is 13.5 Å². The Balaban J connectivity index is 0. The number of nitrogens with two attached hydrogens (primary N) is 1. The summed E-state index contributed by atoms with van der Waals surface area (Å²) in [7, 11) is 1.50. The molecular formula is C7H15NO3. The second kappa shape index (κ2) is 9.10. The van der Waals surface area contributed by atoms with Crippen molar-refractivity contribution >= 4 is 12.3 Å². The first kappa shape index (κ1) is 12.7. The standard InChI is InChI=1S/C6H10O3.CH5N/c1-5(6(8)9)3-2-4-7;1-2/h4-5H,2-3H2,1H3,(H,8,9);2H2,1H3/t5-;/m0./s1. The molecule has 1 atom stereocenters. The molecule has 0 aromatic rings. The van der Waals surface area contributed by atoms with E-state index in [4.69, 9.17) is 5.11 Å². The predicted molar refractivity (Wildman–Crippen MR) is 42.2 cm³/mol. The van der Waals surface area contributed by atoms with Crippen molar-refractivity contribution in [1.29, 1.82) is 0 Å². The molecule has 0 aliphatic rings. The molecule has 4 nitrogen and oxygen atoms in total. The zero-order valence-corrected chi connectivity index (χ0v) is 6.91. The normalized spacial score (nSPS) is 10.8. The van der Waals surface area contributed by atoms with Crippen LogP contribution in [0.4, 0.5) is 0 Å². The number of aliphatic carboxylic acids is 1. The number of carboxylic acids is 1. The molecule has 0 unspecified atom stereocenters. The number of hydrogen-bond donors (Lipinski definition) is 2. The fraction of sp³-hybridized carbons (Fsp3) is 0.714. The van der Waals surface area contributed by atoms with E-state index in [1.54, 1.807) is 6.92 Å². The summed E-state index contributed by atoms with van der Waals surface area (Å²) in [6.07, 6.45) is 1.52. The molecule has 0 saturated heterocycles. The minimum absolute atomic E-state index is 0.341. The van der Waals surface area contributed by atoms with Crippen LogP contribution in [-0.4, -0.2) is 24.4 Å². The quantitative estimate of drug-likeness (QED) is 0.579. The Morgan fingerprint density at radius 1 is 1.64 bits per heavy atom. The average Bonchev–Trinajstić information content (AvgIpc) is 2.03. The van der Waals surface area contributed by atoms with E-state index in [-0.39, 0.29) is 0 Å². The van der Waals surface area contributed by atoms with Gasteiger partial charge in [0.05, 0.1) is 5.92 Å². The summed E-state index contributed by atoms with van der Waals surface area (Å²) in [5.41, 5.74) is 4.50. The number of hydrogen-bond acceptors (Lipinski definition) is 3. The highest BCUT2D eigenvalue weighted by atomic mass is 16.4. The topological polar surface area (TPSA) is 80.4 Å². The van der Waals surface area contributed by atoms with Gasteiger partial charge in [-0.25, -0.2) is 0 Å². The van der Waals surface area contributed by atoms with Gasteiger partial charge in [-0.1, -0.05) is 6.92 Å². The Bertz CT molecular complexity index is 114. The average molecular weight is 161 g/mol. The van der Waals surface area contributed by atoms with Crippen molar-refractivity contribution in [3.63, 3.8) is 0 Å². The zero-order valence-electron chi connectivity index (χ0n) is 6.91. The van der Waals surface area contributed by atoms with Crippen molar-refractivity contribution in [3.8, 4) is 0 Å². The number of rotatable bonds is 4. The maximum Gasteiger partial charge on any atom is 0.306 e. The van der Waals surface area contributed by atoms with Crippen LogP contribution >= 0.6 is 0 Å². The lowest BCUT2D eigenvalue weighted by molar-refractivity contribution is -0.141. The molecule has 0 amide bonds. The minimum Gasteiger partial charge on any atom is -0.481 e. The van der Waals surface area contributed by atoms with Crippen LogP contribution in [0.15, 0.2) is 0 Å². The molecule has 3 N–H and O–H groups in total. The van der Waals surface area contributed by atoms with Crippen molar-refractivity contribution in [2.75, 3.05) is 7.05 Å².